The molecule has 118 valence electrons. The number of rotatable bonds is 1. The van der Waals surface area contributed by atoms with Gasteiger partial charge in [-0.15, -0.1) is 12.4 Å². The molecule has 22 heavy (non-hydrogen) atoms. The molecule has 1 atom stereocenters. The largest absolute Gasteiger partial charge is 0.333 e. The highest BCUT2D eigenvalue weighted by atomic mass is 35.5. The maximum atomic E-state index is 12.6. The summed E-state index contributed by atoms with van der Waals surface area (Å²) in [5.74, 6) is -0.239. The van der Waals surface area contributed by atoms with Gasteiger partial charge in [0, 0.05) is 38.1 Å². The van der Waals surface area contributed by atoms with Crippen molar-refractivity contribution in [2.24, 2.45) is 0 Å². The van der Waals surface area contributed by atoms with E-state index >= 15 is 0 Å². The number of aromatic nitrogens is 2. The van der Waals surface area contributed by atoms with Crippen molar-refractivity contribution in [3.63, 3.8) is 0 Å². The van der Waals surface area contributed by atoms with Crippen LogP contribution in [0.3, 0.4) is 0 Å². The number of carbonyl (C=O) groups excluding carboxylic acids is 1. The van der Waals surface area contributed by atoms with Crippen LogP contribution in [0.5, 0.6) is 0 Å². The van der Waals surface area contributed by atoms with E-state index in [2.05, 4.69) is 10.3 Å². The van der Waals surface area contributed by atoms with Crippen LogP contribution in [-0.4, -0.2) is 45.9 Å². The molecule has 0 saturated carbocycles. The molecule has 0 spiro atoms. The van der Waals surface area contributed by atoms with Gasteiger partial charge in [0.1, 0.15) is 11.2 Å². The van der Waals surface area contributed by atoms with E-state index < -0.39 is 0 Å². The summed E-state index contributed by atoms with van der Waals surface area (Å²) in [7, 11) is 0. The SMILES string of the molecule is Cc1ccc2ncc(C(=O)N3CCNC[C@H]3C)c(=O)n2c1.Cl. The second-order valence-electron chi connectivity index (χ2n) is 5.46. The van der Waals surface area contributed by atoms with E-state index in [0.29, 0.717) is 12.2 Å². The highest BCUT2D eigenvalue weighted by molar-refractivity contribution is 5.94. The van der Waals surface area contributed by atoms with Crippen molar-refractivity contribution in [1.29, 1.82) is 0 Å². The van der Waals surface area contributed by atoms with Crippen molar-refractivity contribution in [1.82, 2.24) is 19.6 Å². The number of pyridine rings is 1. The number of piperazine rings is 1. The minimum atomic E-state index is -0.306. The smallest absolute Gasteiger partial charge is 0.270 e. The van der Waals surface area contributed by atoms with Crippen LogP contribution in [0.1, 0.15) is 22.8 Å². The molecule has 1 aliphatic heterocycles. The second-order valence-corrected chi connectivity index (χ2v) is 5.46. The minimum absolute atomic E-state index is 0. The number of nitrogens with zero attached hydrogens (tertiary/aromatic N) is 3. The van der Waals surface area contributed by atoms with Gasteiger partial charge in [-0.25, -0.2) is 4.98 Å². The average Bonchev–Trinajstić information content (AvgIpc) is 2.48. The fourth-order valence-corrected chi connectivity index (χ4v) is 2.63. The van der Waals surface area contributed by atoms with Crippen molar-refractivity contribution in [3.05, 3.63) is 46.0 Å². The van der Waals surface area contributed by atoms with Crippen LogP contribution in [0.4, 0.5) is 0 Å². The Morgan fingerprint density at radius 2 is 2.18 bits per heavy atom. The molecule has 1 N–H and O–H groups in total. The van der Waals surface area contributed by atoms with E-state index in [0.717, 1.165) is 18.7 Å². The van der Waals surface area contributed by atoms with Crippen LogP contribution in [0.15, 0.2) is 29.3 Å². The summed E-state index contributed by atoms with van der Waals surface area (Å²) in [4.78, 5) is 31.1. The number of nitrogens with one attached hydrogen (secondary N) is 1. The fourth-order valence-electron chi connectivity index (χ4n) is 2.63. The van der Waals surface area contributed by atoms with Crippen molar-refractivity contribution >= 4 is 24.0 Å². The molecule has 0 bridgehead atoms. The van der Waals surface area contributed by atoms with Gasteiger partial charge in [0.15, 0.2) is 0 Å². The Balaban J connectivity index is 0.00000176. The standard InChI is InChI=1S/C15H18N4O2.ClH/c1-10-3-4-13-17-8-12(15(21)19(13)9-10)14(20)18-6-5-16-7-11(18)2;/h3-4,8-9,11,16H,5-7H2,1-2H3;1H/t11-;/m1./s1. The molecule has 6 nitrogen and oxygen atoms in total. The minimum Gasteiger partial charge on any atom is -0.333 e. The summed E-state index contributed by atoms with van der Waals surface area (Å²) in [6, 6.07) is 3.74. The third-order valence-electron chi connectivity index (χ3n) is 3.84. The zero-order valence-corrected chi connectivity index (χ0v) is 13.4. The van der Waals surface area contributed by atoms with Crippen LogP contribution in [0.25, 0.3) is 5.65 Å². The van der Waals surface area contributed by atoms with Gasteiger partial charge < -0.3 is 10.2 Å². The van der Waals surface area contributed by atoms with Gasteiger partial charge in [0.05, 0.1) is 0 Å². The summed E-state index contributed by atoms with van der Waals surface area (Å²) < 4.78 is 1.44. The van der Waals surface area contributed by atoms with Crippen LogP contribution < -0.4 is 10.9 Å². The molecule has 1 fully saturated rings. The first-order valence-corrected chi connectivity index (χ1v) is 7.07. The molecule has 3 rings (SSSR count). The molecular weight excluding hydrogens is 304 g/mol. The van der Waals surface area contributed by atoms with E-state index in [9.17, 15) is 9.59 Å². The first kappa shape index (κ1) is 16.5. The van der Waals surface area contributed by atoms with Crippen LogP contribution in [0.2, 0.25) is 0 Å². The summed E-state index contributed by atoms with van der Waals surface area (Å²) in [6.07, 6.45) is 3.10. The van der Waals surface area contributed by atoms with Gasteiger partial charge in [-0.2, -0.15) is 0 Å². The van der Waals surface area contributed by atoms with Crippen molar-refractivity contribution in [2.45, 2.75) is 19.9 Å². The van der Waals surface area contributed by atoms with E-state index in [1.165, 1.54) is 10.6 Å². The predicted molar refractivity (Wildman–Crippen MR) is 86.8 cm³/mol. The third kappa shape index (κ3) is 2.84. The zero-order chi connectivity index (χ0) is 15.0. The quantitative estimate of drug-likeness (QED) is 0.845. The molecular formula is C15H19ClN4O2. The Morgan fingerprint density at radius 3 is 2.91 bits per heavy atom. The predicted octanol–water partition coefficient (Wildman–Crippen LogP) is 0.859. The summed E-state index contributed by atoms with van der Waals surface area (Å²) in [5, 5.41) is 3.23. The molecule has 3 heterocycles. The maximum Gasteiger partial charge on any atom is 0.270 e. The Bertz CT molecular complexity index is 759. The maximum absolute atomic E-state index is 12.6. The van der Waals surface area contributed by atoms with Crippen molar-refractivity contribution in [3.8, 4) is 0 Å². The van der Waals surface area contributed by atoms with Crippen LogP contribution in [-0.2, 0) is 0 Å². The first-order chi connectivity index (χ1) is 10.1. The van der Waals surface area contributed by atoms with Gasteiger partial charge in [-0.05, 0) is 25.5 Å². The third-order valence-corrected chi connectivity index (χ3v) is 3.84. The topological polar surface area (TPSA) is 66.7 Å². The normalized spacial score (nSPS) is 18.1. The number of fused-ring (bicyclic) bond motifs is 1. The number of carbonyl (C=O) groups is 1. The van der Waals surface area contributed by atoms with Gasteiger partial charge >= 0.3 is 0 Å². The average molecular weight is 323 g/mol. The Morgan fingerprint density at radius 1 is 1.41 bits per heavy atom. The summed E-state index contributed by atoms with van der Waals surface area (Å²) >= 11 is 0. The number of hydrogen-bond donors (Lipinski definition) is 1. The van der Waals surface area contributed by atoms with E-state index in [1.54, 1.807) is 17.2 Å². The van der Waals surface area contributed by atoms with Gasteiger partial charge in [0.25, 0.3) is 11.5 Å². The monoisotopic (exact) mass is 322 g/mol. The lowest BCUT2D eigenvalue weighted by molar-refractivity contribution is 0.0653. The lowest BCUT2D eigenvalue weighted by Gasteiger charge is -2.33. The molecule has 0 radical (unpaired) electrons. The molecule has 0 unspecified atom stereocenters. The Hall–Kier alpha value is -1.92. The number of halogens is 1. The van der Waals surface area contributed by atoms with E-state index in [4.69, 9.17) is 0 Å². The lowest BCUT2D eigenvalue weighted by Crippen LogP contribution is -2.53. The van der Waals surface area contributed by atoms with Crippen molar-refractivity contribution < 1.29 is 4.79 Å². The van der Waals surface area contributed by atoms with E-state index in [-0.39, 0.29) is 35.5 Å². The van der Waals surface area contributed by atoms with E-state index in [1.807, 2.05) is 19.9 Å². The number of hydrogen-bond acceptors (Lipinski definition) is 4. The zero-order valence-electron chi connectivity index (χ0n) is 12.6. The highest BCUT2D eigenvalue weighted by Crippen LogP contribution is 2.08. The van der Waals surface area contributed by atoms with Gasteiger partial charge in [-0.1, -0.05) is 6.07 Å². The highest BCUT2D eigenvalue weighted by Gasteiger charge is 2.26. The lowest BCUT2D eigenvalue weighted by atomic mass is 10.1. The van der Waals surface area contributed by atoms with Crippen LogP contribution in [0, 0.1) is 6.92 Å². The first-order valence-electron chi connectivity index (χ1n) is 7.07. The van der Waals surface area contributed by atoms with Gasteiger partial charge in [-0.3, -0.25) is 14.0 Å². The van der Waals surface area contributed by atoms with Crippen LogP contribution >= 0.6 is 12.4 Å². The summed E-state index contributed by atoms with van der Waals surface area (Å²) in [6.45, 7) is 5.97. The van der Waals surface area contributed by atoms with Crippen molar-refractivity contribution in [2.75, 3.05) is 19.6 Å². The molecule has 1 amide bonds. The molecule has 2 aromatic heterocycles. The number of aryl methyl sites for hydroxylation is 1. The summed E-state index contributed by atoms with van der Waals surface area (Å²) in [5.41, 5.74) is 1.33. The molecule has 0 aliphatic carbocycles. The number of amides is 1. The molecule has 0 aromatic carbocycles. The molecule has 1 saturated heterocycles. The Labute approximate surface area is 134 Å². The fraction of sp³-hybridized carbons (Fsp3) is 0.400. The molecule has 7 heteroatoms. The van der Waals surface area contributed by atoms with Gasteiger partial charge in [0.2, 0.25) is 0 Å². The molecule has 1 aliphatic rings. The second kappa shape index (κ2) is 6.46. The Kier molecular flexibility index (Phi) is 4.83. The molecule has 2 aromatic rings.